The van der Waals surface area contributed by atoms with Gasteiger partial charge in [0.1, 0.15) is 0 Å². The molecule has 0 aromatic heterocycles. The van der Waals surface area contributed by atoms with Crippen LogP contribution < -0.4 is 0 Å². The highest BCUT2D eigenvalue weighted by atomic mass is 16.5. The molecule has 1 saturated carbocycles. The average molecular weight is 210 g/mol. The maximum atomic E-state index is 11.9. The predicted octanol–water partition coefficient (Wildman–Crippen LogP) is 2.11. The monoisotopic (exact) mass is 210 g/mol. The first kappa shape index (κ1) is 12.0. The normalized spacial score (nSPS) is 28.9. The van der Waals surface area contributed by atoms with E-state index in [9.17, 15) is 9.59 Å². The first-order valence-electron chi connectivity index (χ1n) is 5.08. The number of rotatable bonds is 2. The summed E-state index contributed by atoms with van der Waals surface area (Å²) < 4.78 is 4.50. The molecule has 0 unspecified atom stereocenters. The van der Waals surface area contributed by atoms with E-state index in [4.69, 9.17) is 0 Å². The van der Waals surface area contributed by atoms with Crippen LogP contribution in [0.4, 0.5) is 0 Å². The first-order chi connectivity index (χ1) is 6.77. The molecule has 0 radical (unpaired) electrons. The second-order valence-electron chi connectivity index (χ2n) is 4.88. The second kappa shape index (κ2) is 3.47. The summed E-state index contributed by atoms with van der Waals surface area (Å²) >= 11 is 0. The van der Waals surface area contributed by atoms with Gasteiger partial charge in [-0.2, -0.15) is 0 Å². The van der Waals surface area contributed by atoms with Gasteiger partial charge in [0.25, 0.3) is 0 Å². The van der Waals surface area contributed by atoms with Gasteiger partial charge >= 0.3 is 5.97 Å². The lowest BCUT2D eigenvalue weighted by atomic mass is 9.65. The van der Waals surface area contributed by atoms with Gasteiger partial charge in [0.05, 0.1) is 7.11 Å². The molecule has 0 aliphatic heterocycles. The van der Waals surface area contributed by atoms with E-state index in [0.29, 0.717) is 6.42 Å². The summed E-state index contributed by atoms with van der Waals surface area (Å²) in [7, 11) is 1.24. The molecular weight excluding hydrogens is 192 g/mol. The smallest absolute Gasteiger partial charge is 0.374 e. The van der Waals surface area contributed by atoms with E-state index in [1.165, 1.54) is 7.11 Å². The maximum absolute atomic E-state index is 11.9. The Hall–Kier alpha value is -1.12. The van der Waals surface area contributed by atoms with Crippen molar-refractivity contribution < 1.29 is 14.3 Å². The third-order valence-corrected chi connectivity index (χ3v) is 4.06. The summed E-state index contributed by atoms with van der Waals surface area (Å²) in [5.74, 6) is -1.19. The third kappa shape index (κ3) is 1.50. The van der Waals surface area contributed by atoms with Crippen molar-refractivity contribution in [3.05, 3.63) is 12.2 Å². The first-order valence-corrected chi connectivity index (χ1v) is 5.08. The fourth-order valence-electron chi connectivity index (χ4n) is 2.13. The molecule has 0 spiro atoms. The van der Waals surface area contributed by atoms with Gasteiger partial charge in [0.2, 0.25) is 5.78 Å². The van der Waals surface area contributed by atoms with Crippen LogP contribution in [-0.2, 0) is 14.3 Å². The third-order valence-electron chi connectivity index (χ3n) is 4.06. The minimum atomic E-state index is -0.750. The highest BCUT2D eigenvalue weighted by Gasteiger charge is 2.54. The second-order valence-corrected chi connectivity index (χ2v) is 4.88. The largest absolute Gasteiger partial charge is 0.463 e. The molecule has 0 heterocycles. The molecular formula is C12H18O3. The molecule has 84 valence electrons. The van der Waals surface area contributed by atoms with Crippen LogP contribution in [-0.4, -0.2) is 18.9 Å². The average Bonchev–Trinajstić information content (AvgIpc) is 2.41. The number of methoxy groups -OCH3 is 1. The molecule has 1 fully saturated rings. The van der Waals surface area contributed by atoms with Gasteiger partial charge in [-0.05, 0) is 18.3 Å². The molecule has 15 heavy (non-hydrogen) atoms. The van der Waals surface area contributed by atoms with Crippen LogP contribution in [0.15, 0.2) is 12.2 Å². The fraction of sp³-hybridized carbons (Fsp3) is 0.667. The van der Waals surface area contributed by atoms with Crippen LogP contribution in [0.2, 0.25) is 0 Å². The quantitative estimate of drug-likeness (QED) is 0.398. The Morgan fingerprint density at radius 1 is 1.33 bits per heavy atom. The summed E-state index contributed by atoms with van der Waals surface area (Å²) in [4.78, 5) is 23.2. The number of hydrogen-bond donors (Lipinski definition) is 0. The zero-order valence-electron chi connectivity index (χ0n) is 9.85. The number of ether oxygens (including phenoxy) is 1. The molecule has 0 aromatic carbocycles. The van der Waals surface area contributed by atoms with Crippen LogP contribution in [0.25, 0.3) is 0 Å². The van der Waals surface area contributed by atoms with Crippen molar-refractivity contribution in [1.82, 2.24) is 0 Å². The van der Waals surface area contributed by atoms with E-state index in [0.717, 1.165) is 12.0 Å². The number of ketones is 1. The van der Waals surface area contributed by atoms with E-state index in [1.807, 2.05) is 20.8 Å². The Morgan fingerprint density at radius 2 is 1.87 bits per heavy atom. The highest BCUT2D eigenvalue weighted by molar-refractivity contribution is 6.36. The number of hydrogen-bond acceptors (Lipinski definition) is 3. The number of Topliss-reactive ketones (excluding diaryl/α,β-unsaturated/α-hetero) is 1. The van der Waals surface area contributed by atoms with Crippen molar-refractivity contribution >= 4 is 11.8 Å². The Bertz CT molecular complexity index is 328. The lowest BCUT2D eigenvalue weighted by Gasteiger charge is -2.36. The Balaban J connectivity index is 3.08. The van der Waals surface area contributed by atoms with E-state index >= 15 is 0 Å². The number of esters is 1. The van der Waals surface area contributed by atoms with Gasteiger partial charge in [-0.25, -0.2) is 4.79 Å². The lowest BCUT2D eigenvalue weighted by Crippen LogP contribution is -2.42. The van der Waals surface area contributed by atoms with Crippen LogP contribution in [0.1, 0.15) is 33.6 Å². The Kier molecular flexibility index (Phi) is 2.77. The lowest BCUT2D eigenvalue weighted by molar-refractivity contribution is -0.158. The molecule has 1 aliphatic rings. The minimum Gasteiger partial charge on any atom is -0.463 e. The predicted molar refractivity (Wildman–Crippen MR) is 57.3 cm³/mol. The van der Waals surface area contributed by atoms with Crippen molar-refractivity contribution in [2.45, 2.75) is 33.6 Å². The van der Waals surface area contributed by atoms with Gasteiger partial charge in [-0.1, -0.05) is 32.9 Å². The molecule has 0 saturated heterocycles. The molecule has 0 bridgehead atoms. The standard InChI is InChI=1S/C12H18O3/c1-8-6-7-12(4,11(8,2)3)9(13)10(14)15-5/h1,6-7H2,2-5H3/t12-/m0/s1. The zero-order valence-corrected chi connectivity index (χ0v) is 9.85. The van der Waals surface area contributed by atoms with Crippen LogP contribution >= 0.6 is 0 Å². The Labute approximate surface area is 90.5 Å². The van der Waals surface area contributed by atoms with E-state index in [1.54, 1.807) is 0 Å². The minimum absolute atomic E-state index is 0.335. The maximum Gasteiger partial charge on any atom is 0.374 e. The van der Waals surface area contributed by atoms with Crippen molar-refractivity contribution in [2.24, 2.45) is 10.8 Å². The van der Waals surface area contributed by atoms with Crippen molar-refractivity contribution in [1.29, 1.82) is 0 Å². The zero-order chi connectivity index (χ0) is 11.9. The number of allylic oxidation sites excluding steroid dienone is 1. The molecule has 1 aliphatic carbocycles. The Morgan fingerprint density at radius 3 is 2.20 bits per heavy atom. The van der Waals surface area contributed by atoms with Crippen LogP contribution in [0, 0.1) is 10.8 Å². The summed E-state index contributed by atoms with van der Waals surface area (Å²) in [6.07, 6.45) is 1.47. The van der Waals surface area contributed by atoms with Crippen LogP contribution in [0.3, 0.4) is 0 Å². The van der Waals surface area contributed by atoms with Gasteiger partial charge in [0, 0.05) is 5.41 Å². The molecule has 1 rings (SSSR count). The van der Waals surface area contributed by atoms with Gasteiger partial charge in [0.15, 0.2) is 0 Å². The van der Waals surface area contributed by atoms with Crippen molar-refractivity contribution in [3.8, 4) is 0 Å². The summed E-state index contributed by atoms with van der Waals surface area (Å²) in [5, 5.41) is 0. The van der Waals surface area contributed by atoms with Crippen molar-refractivity contribution in [3.63, 3.8) is 0 Å². The summed E-state index contributed by atoms with van der Waals surface area (Å²) in [5.41, 5.74) is 0.0254. The highest BCUT2D eigenvalue weighted by Crippen LogP contribution is 2.55. The van der Waals surface area contributed by atoms with Gasteiger partial charge < -0.3 is 4.74 Å². The molecule has 0 aromatic rings. The van der Waals surface area contributed by atoms with Crippen LogP contribution in [0.5, 0.6) is 0 Å². The van der Waals surface area contributed by atoms with Gasteiger partial charge in [-0.15, -0.1) is 0 Å². The number of carbonyl (C=O) groups is 2. The SMILES string of the molecule is C=C1CC[C@@](C)(C(=O)C(=O)OC)C1(C)C. The molecule has 0 amide bonds. The molecule has 1 atom stereocenters. The van der Waals surface area contributed by atoms with Crippen molar-refractivity contribution in [2.75, 3.05) is 7.11 Å². The van der Waals surface area contributed by atoms with E-state index in [-0.39, 0.29) is 5.41 Å². The topological polar surface area (TPSA) is 43.4 Å². The molecule has 3 nitrogen and oxygen atoms in total. The van der Waals surface area contributed by atoms with E-state index < -0.39 is 17.2 Å². The molecule has 0 N–H and O–H groups in total. The summed E-state index contributed by atoms with van der Waals surface area (Å²) in [6.45, 7) is 9.71. The molecule has 3 heteroatoms. The van der Waals surface area contributed by atoms with E-state index in [2.05, 4.69) is 11.3 Å². The summed E-state index contributed by atoms with van der Waals surface area (Å²) in [6, 6.07) is 0. The van der Waals surface area contributed by atoms with Gasteiger partial charge in [-0.3, -0.25) is 4.79 Å². The fourth-order valence-corrected chi connectivity index (χ4v) is 2.13. The number of carbonyl (C=O) groups excluding carboxylic acids is 2.